The molecule has 0 aliphatic carbocycles. The predicted molar refractivity (Wildman–Crippen MR) is 145 cm³/mol. The number of nitrogens with zero attached hydrogens (tertiary/aromatic N) is 2. The SMILES string of the molecule is CN(C)C(=O)CCSC(SCCC(=O)O)c1cccc(/C=C/c2ccc3ccc(Cl)cc3n2)c1.[Na+]. The molecule has 1 aromatic heterocycles. The maximum atomic E-state index is 11.9. The third-order valence-corrected chi connectivity index (χ3v) is 8.06. The maximum Gasteiger partial charge on any atom is 1.00 e. The molecule has 0 aliphatic heterocycles. The summed E-state index contributed by atoms with van der Waals surface area (Å²) in [6.07, 6.45) is 4.54. The molecule has 5 nitrogen and oxygen atoms in total. The van der Waals surface area contributed by atoms with Gasteiger partial charge in [0, 0.05) is 42.4 Å². The van der Waals surface area contributed by atoms with E-state index in [1.165, 1.54) is 0 Å². The van der Waals surface area contributed by atoms with Crippen molar-refractivity contribution in [3.8, 4) is 0 Å². The van der Waals surface area contributed by atoms with Crippen LogP contribution in [0.1, 0.15) is 34.2 Å². The number of pyridine rings is 1. The molecular formula is C26H27ClN2NaO3S2+. The Morgan fingerprint density at radius 1 is 1.03 bits per heavy atom. The molecule has 1 amide bonds. The maximum absolute atomic E-state index is 11.9. The first-order valence-electron chi connectivity index (χ1n) is 10.8. The van der Waals surface area contributed by atoms with E-state index in [1.807, 2.05) is 60.7 Å². The Hall–Kier alpha value is -1.48. The first-order chi connectivity index (χ1) is 16.3. The number of aliphatic carboxylic acids is 1. The van der Waals surface area contributed by atoms with Crippen molar-refractivity contribution in [1.82, 2.24) is 9.88 Å². The molecule has 0 radical (unpaired) electrons. The van der Waals surface area contributed by atoms with Gasteiger partial charge in [-0.15, -0.1) is 23.5 Å². The van der Waals surface area contributed by atoms with Gasteiger partial charge in [-0.25, -0.2) is 4.98 Å². The Morgan fingerprint density at radius 3 is 2.46 bits per heavy atom. The van der Waals surface area contributed by atoms with E-state index < -0.39 is 5.97 Å². The fourth-order valence-corrected chi connectivity index (χ4v) is 5.98. The molecule has 3 rings (SSSR count). The minimum Gasteiger partial charge on any atom is -0.481 e. The van der Waals surface area contributed by atoms with Gasteiger partial charge in [-0.2, -0.15) is 0 Å². The van der Waals surface area contributed by atoms with Crippen molar-refractivity contribution in [3.63, 3.8) is 0 Å². The minimum atomic E-state index is -0.806. The molecule has 0 fully saturated rings. The molecule has 9 heteroatoms. The number of carboxylic acids is 1. The van der Waals surface area contributed by atoms with E-state index in [-0.39, 0.29) is 46.5 Å². The molecule has 0 aliphatic rings. The molecule has 1 unspecified atom stereocenters. The predicted octanol–water partition coefficient (Wildman–Crippen LogP) is 3.48. The second kappa shape index (κ2) is 14.9. The molecule has 0 saturated heterocycles. The number of hydrogen-bond acceptors (Lipinski definition) is 5. The van der Waals surface area contributed by atoms with Crippen LogP contribution in [0.5, 0.6) is 0 Å². The molecule has 1 atom stereocenters. The monoisotopic (exact) mass is 537 g/mol. The van der Waals surface area contributed by atoms with Crippen LogP contribution in [0.4, 0.5) is 0 Å². The van der Waals surface area contributed by atoms with Crippen LogP contribution in [0.25, 0.3) is 23.1 Å². The number of carbonyl (C=O) groups is 2. The second-order valence-corrected chi connectivity index (χ2v) is 11.0. The van der Waals surface area contributed by atoms with E-state index in [0.29, 0.717) is 22.9 Å². The molecule has 1 heterocycles. The third kappa shape index (κ3) is 9.83. The van der Waals surface area contributed by atoms with Crippen LogP contribution >= 0.6 is 35.1 Å². The summed E-state index contributed by atoms with van der Waals surface area (Å²) in [6.45, 7) is 0. The number of aromatic nitrogens is 1. The van der Waals surface area contributed by atoms with Crippen LogP contribution < -0.4 is 29.6 Å². The fourth-order valence-electron chi connectivity index (χ4n) is 3.16. The van der Waals surface area contributed by atoms with Gasteiger partial charge in [-0.3, -0.25) is 9.59 Å². The number of hydrogen-bond donors (Lipinski definition) is 1. The molecule has 0 spiro atoms. The van der Waals surface area contributed by atoms with Gasteiger partial charge in [0.05, 0.1) is 22.2 Å². The molecule has 0 saturated carbocycles. The van der Waals surface area contributed by atoms with Crippen molar-refractivity contribution in [2.24, 2.45) is 0 Å². The standard InChI is InChI=1S/C26H27ClN2O3S2.Na/c1-29(2)24(30)12-14-33-26(34-15-13-25(31)32)20-5-3-4-18(16-20)6-10-22-11-8-19-7-9-21(27)17-23(19)28-22;/h3-11,16-17,26H,12-15H2,1-2H3,(H,31,32);/q;+1/b10-6+;. The summed E-state index contributed by atoms with van der Waals surface area (Å²) in [5.41, 5.74) is 3.81. The molecule has 0 bridgehead atoms. The van der Waals surface area contributed by atoms with Crippen LogP contribution in [0.15, 0.2) is 54.6 Å². The Labute approximate surface area is 242 Å². The normalized spacial score (nSPS) is 11.9. The summed E-state index contributed by atoms with van der Waals surface area (Å²) in [5, 5.41) is 10.7. The van der Waals surface area contributed by atoms with Gasteiger partial charge in [-0.1, -0.05) is 48.0 Å². The number of thioether (sulfide) groups is 2. The van der Waals surface area contributed by atoms with Crippen LogP contribution in [0.2, 0.25) is 5.02 Å². The van der Waals surface area contributed by atoms with E-state index in [4.69, 9.17) is 16.7 Å². The number of fused-ring (bicyclic) bond motifs is 1. The van der Waals surface area contributed by atoms with Crippen LogP contribution in [-0.2, 0) is 9.59 Å². The summed E-state index contributed by atoms with van der Waals surface area (Å²) >= 11 is 9.37. The summed E-state index contributed by atoms with van der Waals surface area (Å²) in [7, 11) is 3.50. The number of amides is 1. The molecule has 3 aromatic rings. The summed E-state index contributed by atoms with van der Waals surface area (Å²) < 4.78 is 0.0450. The van der Waals surface area contributed by atoms with Crippen molar-refractivity contribution >= 4 is 70.1 Å². The molecule has 2 aromatic carbocycles. The Kier molecular flexibility index (Phi) is 12.7. The number of carbonyl (C=O) groups excluding carboxylic acids is 1. The number of halogens is 1. The Bertz CT molecular complexity index is 1190. The van der Waals surface area contributed by atoms with E-state index >= 15 is 0 Å². The summed E-state index contributed by atoms with van der Waals surface area (Å²) in [5.74, 6) is 0.464. The van der Waals surface area contributed by atoms with E-state index in [0.717, 1.165) is 27.7 Å². The number of carboxylic acid groups (broad SMARTS) is 1. The zero-order valence-corrected chi connectivity index (χ0v) is 24.5. The summed E-state index contributed by atoms with van der Waals surface area (Å²) in [4.78, 5) is 29.2. The number of benzene rings is 2. The number of rotatable bonds is 11. The zero-order valence-electron chi connectivity index (χ0n) is 20.1. The largest absolute Gasteiger partial charge is 1.00 e. The average Bonchev–Trinajstić information content (AvgIpc) is 2.81. The van der Waals surface area contributed by atoms with Crippen LogP contribution in [0, 0.1) is 0 Å². The van der Waals surface area contributed by atoms with Gasteiger partial charge in [-0.05, 0) is 41.5 Å². The van der Waals surface area contributed by atoms with Gasteiger partial charge < -0.3 is 10.0 Å². The van der Waals surface area contributed by atoms with Crippen molar-refractivity contribution in [1.29, 1.82) is 0 Å². The molecule has 178 valence electrons. The van der Waals surface area contributed by atoms with Gasteiger partial charge >= 0.3 is 35.5 Å². The Balaban J connectivity index is 0.00000432. The quantitative estimate of drug-likeness (QED) is 0.298. The van der Waals surface area contributed by atoms with Gasteiger partial charge in [0.2, 0.25) is 5.91 Å². The Morgan fingerprint density at radius 2 is 1.74 bits per heavy atom. The zero-order chi connectivity index (χ0) is 24.5. The molecule has 35 heavy (non-hydrogen) atoms. The fraction of sp³-hybridized carbons (Fsp3) is 0.269. The van der Waals surface area contributed by atoms with Gasteiger partial charge in [0.25, 0.3) is 0 Å². The topological polar surface area (TPSA) is 70.5 Å². The minimum absolute atomic E-state index is 0. The van der Waals surface area contributed by atoms with Crippen LogP contribution in [0.3, 0.4) is 0 Å². The average molecular weight is 538 g/mol. The van der Waals surface area contributed by atoms with Crippen molar-refractivity contribution in [3.05, 3.63) is 76.4 Å². The van der Waals surface area contributed by atoms with E-state index in [1.54, 1.807) is 42.5 Å². The second-order valence-electron chi connectivity index (χ2n) is 7.83. The third-order valence-electron chi connectivity index (χ3n) is 4.97. The van der Waals surface area contributed by atoms with Gasteiger partial charge in [0.1, 0.15) is 0 Å². The van der Waals surface area contributed by atoms with Crippen molar-refractivity contribution in [2.45, 2.75) is 17.4 Å². The smallest absolute Gasteiger partial charge is 0.481 e. The first-order valence-corrected chi connectivity index (χ1v) is 13.3. The van der Waals surface area contributed by atoms with E-state index in [2.05, 4.69) is 11.1 Å². The summed E-state index contributed by atoms with van der Waals surface area (Å²) in [6, 6.07) is 17.8. The van der Waals surface area contributed by atoms with Gasteiger partial charge in [0.15, 0.2) is 0 Å². The van der Waals surface area contributed by atoms with E-state index in [9.17, 15) is 9.59 Å². The van der Waals surface area contributed by atoms with Crippen molar-refractivity contribution in [2.75, 3.05) is 25.6 Å². The van der Waals surface area contributed by atoms with Crippen LogP contribution in [-0.4, -0.2) is 52.5 Å². The van der Waals surface area contributed by atoms with Crippen molar-refractivity contribution < 1.29 is 44.3 Å². The molecular weight excluding hydrogens is 511 g/mol. The first kappa shape index (κ1) is 29.7. The molecule has 1 N–H and O–H groups in total.